The van der Waals surface area contributed by atoms with Gasteiger partial charge in [-0.2, -0.15) is 0 Å². The summed E-state index contributed by atoms with van der Waals surface area (Å²) in [6.07, 6.45) is 4.44. The van der Waals surface area contributed by atoms with Gasteiger partial charge in [-0.1, -0.05) is 19.9 Å². The lowest BCUT2D eigenvalue weighted by atomic mass is 10.1. The van der Waals surface area contributed by atoms with Crippen LogP contribution >= 0.6 is 0 Å². The molecule has 0 aromatic rings. The molecule has 0 aromatic carbocycles. The van der Waals surface area contributed by atoms with Crippen molar-refractivity contribution in [1.29, 1.82) is 0 Å². The molecular formula is C13H22N2O. The van der Waals surface area contributed by atoms with E-state index in [1.54, 1.807) is 0 Å². The molecule has 2 aliphatic rings. The molecule has 0 radical (unpaired) electrons. The van der Waals surface area contributed by atoms with E-state index in [0.29, 0.717) is 11.8 Å². The molecule has 1 saturated heterocycles. The number of hydrogen-bond donors (Lipinski definition) is 1. The van der Waals surface area contributed by atoms with Gasteiger partial charge in [0, 0.05) is 32.1 Å². The van der Waals surface area contributed by atoms with E-state index in [1.807, 2.05) is 4.90 Å². The minimum absolute atomic E-state index is 0.305. The Morgan fingerprint density at radius 3 is 2.88 bits per heavy atom. The highest BCUT2D eigenvalue weighted by Crippen LogP contribution is 2.21. The van der Waals surface area contributed by atoms with Gasteiger partial charge < -0.3 is 10.2 Å². The van der Waals surface area contributed by atoms with Crippen LogP contribution in [0.5, 0.6) is 0 Å². The average Bonchev–Trinajstić information content (AvgIpc) is 3.02. The predicted octanol–water partition coefficient (Wildman–Crippen LogP) is 1.55. The normalized spacial score (nSPS) is 25.2. The number of likely N-dealkylation sites (tertiary alicyclic amines) is 1. The van der Waals surface area contributed by atoms with E-state index >= 15 is 0 Å². The molecule has 1 amide bonds. The summed E-state index contributed by atoms with van der Waals surface area (Å²) >= 11 is 0. The molecule has 0 spiro atoms. The summed E-state index contributed by atoms with van der Waals surface area (Å²) in [5, 5.41) is 3.43. The summed E-state index contributed by atoms with van der Waals surface area (Å²) in [5.74, 6) is 0.871. The number of hydrogen-bond acceptors (Lipinski definition) is 2. The third kappa shape index (κ3) is 3.08. The molecule has 1 aliphatic carbocycles. The molecule has 0 aromatic heterocycles. The van der Waals surface area contributed by atoms with Crippen molar-refractivity contribution < 1.29 is 4.79 Å². The van der Waals surface area contributed by atoms with Crippen LogP contribution in [-0.4, -0.2) is 36.5 Å². The highest BCUT2D eigenvalue weighted by molar-refractivity contribution is 5.78. The molecule has 1 heterocycles. The fourth-order valence-corrected chi connectivity index (χ4v) is 2.18. The topological polar surface area (TPSA) is 32.3 Å². The first-order chi connectivity index (χ1) is 7.69. The molecule has 2 fully saturated rings. The van der Waals surface area contributed by atoms with Crippen LogP contribution in [-0.2, 0) is 4.79 Å². The van der Waals surface area contributed by atoms with Gasteiger partial charge in [-0.3, -0.25) is 4.79 Å². The third-order valence-electron chi connectivity index (χ3n) is 3.50. The Balaban J connectivity index is 1.71. The largest absolute Gasteiger partial charge is 0.338 e. The third-order valence-corrected chi connectivity index (χ3v) is 3.50. The van der Waals surface area contributed by atoms with Crippen molar-refractivity contribution in [2.24, 2.45) is 5.92 Å². The zero-order chi connectivity index (χ0) is 11.5. The van der Waals surface area contributed by atoms with E-state index in [2.05, 4.69) is 18.8 Å². The second kappa shape index (κ2) is 5.00. The van der Waals surface area contributed by atoms with Crippen LogP contribution in [0.1, 0.15) is 32.6 Å². The second-order valence-corrected chi connectivity index (χ2v) is 5.16. The Labute approximate surface area is 97.9 Å². The minimum Gasteiger partial charge on any atom is -0.338 e. The van der Waals surface area contributed by atoms with Gasteiger partial charge in [0.2, 0.25) is 5.91 Å². The zero-order valence-corrected chi connectivity index (χ0v) is 10.2. The maximum absolute atomic E-state index is 11.7. The molecule has 0 bridgehead atoms. The second-order valence-electron chi connectivity index (χ2n) is 5.16. The molecule has 1 N–H and O–H groups in total. The lowest BCUT2D eigenvalue weighted by Crippen LogP contribution is -2.31. The predicted molar refractivity (Wildman–Crippen MR) is 65.1 cm³/mol. The summed E-state index contributed by atoms with van der Waals surface area (Å²) in [4.78, 5) is 13.7. The van der Waals surface area contributed by atoms with Crippen molar-refractivity contribution in [3.63, 3.8) is 0 Å². The van der Waals surface area contributed by atoms with Crippen LogP contribution in [0.3, 0.4) is 0 Å². The molecule has 1 atom stereocenters. The van der Waals surface area contributed by atoms with Crippen molar-refractivity contribution in [2.45, 2.75) is 38.6 Å². The van der Waals surface area contributed by atoms with Crippen molar-refractivity contribution in [3.05, 3.63) is 12.2 Å². The highest BCUT2D eigenvalue weighted by atomic mass is 16.2. The van der Waals surface area contributed by atoms with Crippen LogP contribution in [0, 0.1) is 5.92 Å². The number of carbonyl (C=O) groups excluding carboxylic acids is 1. The summed E-state index contributed by atoms with van der Waals surface area (Å²) < 4.78 is 0. The van der Waals surface area contributed by atoms with E-state index in [4.69, 9.17) is 0 Å². The Morgan fingerprint density at radius 1 is 1.56 bits per heavy atom. The summed E-state index contributed by atoms with van der Waals surface area (Å²) in [5.41, 5.74) is 1.14. The van der Waals surface area contributed by atoms with E-state index in [-0.39, 0.29) is 0 Å². The Bertz CT molecular complexity index is 284. The number of nitrogens with one attached hydrogen (secondary N) is 1. The minimum atomic E-state index is 0.305. The Hall–Kier alpha value is -0.830. The van der Waals surface area contributed by atoms with Crippen molar-refractivity contribution in [3.8, 4) is 0 Å². The summed E-state index contributed by atoms with van der Waals surface area (Å²) in [7, 11) is 0. The van der Waals surface area contributed by atoms with E-state index in [0.717, 1.165) is 44.1 Å². The molecular weight excluding hydrogens is 200 g/mol. The van der Waals surface area contributed by atoms with Gasteiger partial charge in [-0.15, -0.1) is 0 Å². The molecule has 90 valence electrons. The summed E-state index contributed by atoms with van der Waals surface area (Å²) in [6.45, 7) is 8.74. The molecule has 1 saturated carbocycles. The molecule has 1 aliphatic heterocycles. The van der Waals surface area contributed by atoms with Crippen LogP contribution in [0.15, 0.2) is 12.2 Å². The number of carbonyl (C=O) groups is 1. The van der Waals surface area contributed by atoms with Crippen LogP contribution < -0.4 is 5.32 Å². The maximum atomic E-state index is 11.7. The van der Waals surface area contributed by atoms with Gasteiger partial charge in [0.15, 0.2) is 0 Å². The molecule has 1 unspecified atom stereocenters. The molecule has 16 heavy (non-hydrogen) atoms. The molecule has 3 heteroatoms. The van der Waals surface area contributed by atoms with E-state index in [9.17, 15) is 4.79 Å². The first kappa shape index (κ1) is 11.6. The fraction of sp³-hybridized carbons (Fsp3) is 0.769. The van der Waals surface area contributed by atoms with Crippen molar-refractivity contribution in [1.82, 2.24) is 10.2 Å². The SMILES string of the molecule is C=C(CNC1CC1)CN1CC(CC)CC1=O. The average molecular weight is 222 g/mol. The van der Waals surface area contributed by atoms with Gasteiger partial charge >= 0.3 is 0 Å². The van der Waals surface area contributed by atoms with E-state index < -0.39 is 0 Å². The van der Waals surface area contributed by atoms with Crippen LogP contribution in [0.4, 0.5) is 0 Å². The van der Waals surface area contributed by atoms with Gasteiger partial charge in [0.05, 0.1) is 0 Å². The van der Waals surface area contributed by atoms with Crippen molar-refractivity contribution in [2.75, 3.05) is 19.6 Å². The van der Waals surface area contributed by atoms with Gasteiger partial charge in [0.25, 0.3) is 0 Å². The van der Waals surface area contributed by atoms with Crippen LogP contribution in [0.25, 0.3) is 0 Å². The number of nitrogens with zero attached hydrogens (tertiary/aromatic N) is 1. The first-order valence-electron chi connectivity index (χ1n) is 6.36. The van der Waals surface area contributed by atoms with Crippen LogP contribution in [0.2, 0.25) is 0 Å². The molecule has 3 nitrogen and oxygen atoms in total. The zero-order valence-electron chi connectivity index (χ0n) is 10.2. The number of amides is 1. The van der Waals surface area contributed by atoms with Gasteiger partial charge in [0.1, 0.15) is 0 Å². The molecule has 2 rings (SSSR count). The van der Waals surface area contributed by atoms with Gasteiger partial charge in [-0.05, 0) is 24.3 Å². The fourth-order valence-electron chi connectivity index (χ4n) is 2.18. The standard InChI is InChI=1S/C13H22N2O/c1-3-11-6-13(16)15(9-11)8-10(2)7-14-12-4-5-12/h11-12,14H,2-9H2,1H3. The smallest absolute Gasteiger partial charge is 0.223 e. The lowest BCUT2D eigenvalue weighted by molar-refractivity contribution is -0.127. The monoisotopic (exact) mass is 222 g/mol. The van der Waals surface area contributed by atoms with E-state index in [1.165, 1.54) is 12.8 Å². The lowest BCUT2D eigenvalue weighted by Gasteiger charge is -2.18. The maximum Gasteiger partial charge on any atom is 0.223 e. The van der Waals surface area contributed by atoms with Gasteiger partial charge in [-0.25, -0.2) is 0 Å². The summed E-state index contributed by atoms with van der Waals surface area (Å²) in [6, 6.07) is 0.717. The Kier molecular flexibility index (Phi) is 3.64. The Morgan fingerprint density at radius 2 is 2.31 bits per heavy atom. The number of rotatable bonds is 6. The first-order valence-corrected chi connectivity index (χ1v) is 6.36. The quantitative estimate of drug-likeness (QED) is 0.692. The van der Waals surface area contributed by atoms with Crippen molar-refractivity contribution >= 4 is 5.91 Å². The highest BCUT2D eigenvalue weighted by Gasteiger charge is 2.28.